The molecule has 1 saturated heterocycles. The van der Waals surface area contributed by atoms with E-state index in [1.54, 1.807) is 6.20 Å². The summed E-state index contributed by atoms with van der Waals surface area (Å²) in [5.74, 6) is 0.624. The number of amides is 3. The van der Waals surface area contributed by atoms with Gasteiger partial charge in [-0.2, -0.15) is 0 Å². The quantitative estimate of drug-likeness (QED) is 0.831. The van der Waals surface area contributed by atoms with Crippen molar-refractivity contribution in [1.82, 2.24) is 9.88 Å². The lowest BCUT2D eigenvalue weighted by Gasteiger charge is -2.38. The first-order valence-electron chi connectivity index (χ1n) is 8.96. The number of likely N-dealkylation sites (tertiary alicyclic amines) is 1. The molecule has 3 rings (SSSR count). The van der Waals surface area contributed by atoms with Crippen LogP contribution in [0.3, 0.4) is 0 Å². The monoisotopic (exact) mass is 372 g/mol. The predicted molar refractivity (Wildman–Crippen MR) is 104 cm³/mol. The van der Waals surface area contributed by atoms with E-state index >= 15 is 0 Å². The summed E-state index contributed by atoms with van der Waals surface area (Å²) >= 11 is 1.42. The number of benzene rings is 1. The standard InChI is InChI=1S/C19H24N4O2S/c1-2-14-13-23(19(25)21-16-6-4-3-5-7-16)10-8-15(14)12-17(24)22-18-20-9-11-26-18/h3-7,9,11,14-15H,2,8,10,12-13H2,1H3,(H,21,25)(H,20,22,24)/t14-,15-/m0/s1. The highest BCUT2D eigenvalue weighted by Crippen LogP contribution is 2.30. The van der Waals surface area contributed by atoms with E-state index in [0.29, 0.717) is 36.5 Å². The third-order valence-corrected chi connectivity index (χ3v) is 5.54. The summed E-state index contributed by atoms with van der Waals surface area (Å²) in [5, 5.41) is 8.28. The van der Waals surface area contributed by atoms with Gasteiger partial charge in [0.05, 0.1) is 0 Å². The molecule has 1 fully saturated rings. The number of nitrogens with zero attached hydrogens (tertiary/aromatic N) is 2. The Balaban J connectivity index is 1.53. The van der Waals surface area contributed by atoms with Crippen LogP contribution in [0, 0.1) is 11.8 Å². The Morgan fingerprint density at radius 1 is 1.23 bits per heavy atom. The number of thiazole rings is 1. The third-order valence-electron chi connectivity index (χ3n) is 4.85. The predicted octanol–water partition coefficient (Wildman–Crippen LogP) is 4.05. The average molecular weight is 372 g/mol. The van der Waals surface area contributed by atoms with E-state index in [2.05, 4.69) is 22.5 Å². The molecule has 2 heterocycles. The van der Waals surface area contributed by atoms with Gasteiger partial charge in [-0.1, -0.05) is 31.5 Å². The maximum absolute atomic E-state index is 12.5. The van der Waals surface area contributed by atoms with Crippen molar-refractivity contribution in [3.63, 3.8) is 0 Å². The van der Waals surface area contributed by atoms with Crippen LogP contribution in [0.4, 0.5) is 15.6 Å². The highest BCUT2D eigenvalue weighted by atomic mass is 32.1. The van der Waals surface area contributed by atoms with Gasteiger partial charge in [-0.05, 0) is 30.4 Å². The fraction of sp³-hybridized carbons (Fsp3) is 0.421. The fourth-order valence-electron chi connectivity index (χ4n) is 3.41. The van der Waals surface area contributed by atoms with Gasteiger partial charge in [0, 0.05) is 36.8 Å². The van der Waals surface area contributed by atoms with Gasteiger partial charge < -0.3 is 15.5 Å². The Hall–Kier alpha value is -2.41. The molecule has 26 heavy (non-hydrogen) atoms. The number of nitrogens with one attached hydrogen (secondary N) is 2. The summed E-state index contributed by atoms with van der Waals surface area (Å²) in [7, 11) is 0. The number of carbonyl (C=O) groups excluding carboxylic acids is 2. The third kappa shape index (κ3) is 4.82. The van der Waals surface area contributed by atoms with Crippen LogP contribution in [-0.2, 0) is 4.79 Å². The van der Waals surface area contributed by atoms with E-state index in [9.17, 15) is 9.59 Å². The van der Waals surface area contributed by atoms with Gasteiger partial charge in [-0.15, -0.1) is 11.3 Å². The Labute approximate surface area is 157 Å². The number of urea groups is 1. The maximum Gasteiger partial charge on any atom is 0.321 e. The summed E-state index contributed by atoms with van der Waals surface area (Å²) in [6.07, 6.45) is 3.95. The van der Waals surface area contributed by atoms with Crippen molar-refractivity contribution < 1.29 is 9.59 Å². The van der Waals surface area contributed by atoms with Gasteiger partial charge in [0.1, 0.15) is 0 Å². The van der Waals surface area contributed by atoms with Crippen LogP contribution in [0.2, 0.25) is 0 Å². The van der Waals surface area contributed by atoms with Crippen LogP contribution >= 0.6 is 11.3 Å². The number of rotatable bonds is 5. The molecule has 2 N–H and O–H groups in total. The summed E-state index contributed by atoms with van der Waals surface area (Å²) < 4.78 is 0. The van der Waals surface area contributed by atoms with Gasteiger partial charge in [0.15, 0.2) is 5.13 Å². The smallest absolute Gasteiger partial charge is 0.321 e. The first-order chi connectivity index (χ1) is 12.7. The number of hydrogen-bond acceptors (Lipinski definition) is 4. The zero-order valence-electron chi connectivity index (χ0n) is 14.9. The highest BCUT2D eigenvalue weighted by molar-refractivity contribution is 7.13. The summed E-state index contributed by atoms with van der Waals surface area (Å²) in [6.45, 7) is 3.48. The van der Waals surface area contributed by atoms with E-state index in [1.165, 1.54) is 11.3 Å². The van der Waals surface area contributed by atoms with Gasteiger partial charge in [-0.25, -0.2) is 9.78 Å². The molecule has 0 aliphatic carbocycles. The van der Waals surface area contributed by atoms with E-state index in [1.807, 2.05) is 40.6 Å². The van der Waals surface area contributed by atoms with Crippen LogP contribution in [0.1, 0.15) is 26.2 Å². The molecule has 1 aliphatic rings. The topological polar surface area (TPSA) is 74.3 Å². The molecule has 0 radical (unpaired) electrons. The first-order valence-corrected chi connectivity index (χ1v) is 9.84. The second kappa shape index (κ2) is 8.80. The number of aromatic nitrogens is 1. The van der Waals surface area contributed by atoms with Crippen LogP contribution in [-0.4, -0.2) is 34.9 Å². The fourth-order valence-corrected chi connectivity index (χ4v) is 3.96. The molecular weight excluding hydrogens is 348 g/mol. The Bertz CT molecular complexity index is 720. The number of piperidine rings is 1. The summed E-state index contributed by atoms with van der Waals surface area (Å²) in [5.41, 5.74) is 0.801. The zero-order valence-corrected chi connectivity index (χ0v) is 15.7. The van der Waals surface area contributed by atoms with E-state index in [4.69, 9.17) is 0 Å². The molecule has 1 aromatic carbocycles. The van der Waals surface area contributed by atoms with Crippen LogP contribution < -0.4 is 10.6 Å². The van der Waals surface area contributed by atoms with Crippen LogP contribution in [0.15, 0.2) is 41.9 Å². The molecule has 6 nitrogen and oxygen atoms in total. The van der Waals surface area contributed by atoms with Crippen molar-refractivity contribution in [2.75, 3.05) is 23.7 Å². The van der Waals surface area contributed by atoms with E-state index in [0.717, 1.165) is 18.5 Å². The van der Waals surface area contributed by atoms with Crippen LogP contribution in [0.25, 0.3) is 0 Å². The van der Waals surface area contributed by atoms with Crippen molar-refractivity contribution in [2.45, 2.75) is 26.2 Å². The van der Waals surface area contributed by atoms with Gasteiger partial charge >= 0.3 is 6.03 Å². The second-order valence-corrected chi connectivity index (χ2v) is 7.44. The van der Waals surface area contributed by atoms with Gasteiger partial charge in [0.2, 0.25) is 5.91 Å². The highest BCUT2D eigenvalue weighted by Gasteiger charge is 2.31. The number of carbonyl (C=O) groups is 2. The lowest BCUT2D eigenvalue weighted by molar-refractivity contribution is -0.117. The molecule has 2 aromatic rings. The van der Waals surface area contributed by atoms with Crippen molar-refractivity contribution in [3.05, 3.63) is 41.9 Å². The molecule has 7 heteroatoms. The minimum atomic E-state index is -0.0691. The van der Waals surface area contributed by atoms with Crippen molar-refractivity contribution in [1.29, 1.82) is 0 Å². The molecule has 0 spiro atoms. The molecular formula is C19H24N4O2S. The normalized spacial score (nSPS) is 19.8. The molecule has 1 aliphatic heterocycles. The Kier molecular flexibility index (Phi) is 6.22. The second-order valence-electron chi connectivity index (χ2n) is 6.55. The van der Waals surface area contributed by atoms with Crippen LogP contribution in [0.5, 0.6) is 0 Å². The summed E-state index contributed by atoms with van der Waals surface area (Å²) in [6, 6.07) is 9.41. The van der Waals surface area contributed by atoms with Crippen molar-refractivity contribution in [2.24, 2.45) is 11.8 Å². The van der Waals surface area contributed by atoms with Crippen molar-refractivity contribution >= 4 is 34.1 Å². The average Bonchev–Trinajstić information content (AvgIpc) is 3.15. The molecule has 138 valence electrons. The Morgan fingerprint density at radius 3 is 2.73 bits per heavy atom. The largest absolute Gasteiger partial charge is 0.324 e. The number of para-hydroxylation sites is 1. The molecule has 2 atom stereocenters. The lowest BCUT2D eigenvalue weighted by atomic mass is 9.81. The first kappa shape index (κ1) is 18.4. The van der Waals surface area contributed by atoms with Gasteiger partial charge in [0.25, 0.3) is 0 Å². The summed E-state index contributed by atoms with van der Waals surface area (Å²) in [4.78, 5) is 30.7. The SMILES string of the molecule is CC[C@H]1CN(C(=O)Nc2ccccc2)CC[C@H]1CC(=O)Nc1nccs1. The molecule has 1 aromatic heterocycles. The zero-order chi connectivity index (χ0) is 18.4. The Morgan fingerprint density at radius 2 is 2.04 bits per heavy atom. The van der Waals surface area contributed by atoms with Gasteiger partial charge in [-0.3, -0.25) is 4.79 Å². The minimum absolute atomic E-state index is 0.00517. The minimum Gasteiger partial charge on any atom is -0.324 e. The molecule has 0 unspecified atom stereocenters. The lowest BCUT2D eigenvalue weighted by Crippen LogP contribution is -2.46. The van der Waals surface area contributed by atoms with E-state index in [-0.39, 0.29) is 11.9 Å². The van der Waals surface area contributed by atoms with Crippen molar-refractivity contribution in [3.8, 4) is 0 Å². The molecule has 3 amide bonds. The number of anilines is 2. The van der Waals surface area contributed by atoms with E-state index < -0.39 is 0 Å². The maximum atomic E-state index is 12.5. The number of hydrogen-bond donors (Lipinski definition) is 2. The molecule has 0 saturated carbocycles. The molecule has 0 bridgehead atoms.